The zero-order valence-corrected chi connectivity index (χ0v) is 10.9. The topological polar surface area (TPSA) is 93.8 Å². The minimum absolute atomic E-state index is 0.216. The highest BCUT2D eigenvalue weighted by Crippen LogP contribution is 2.29. The SMILES string of the molecule is CCCC(C#N)(C#N)Cc1cc(C(C)(C)O)on1. The van der Waals surface area contributed by atoms with Crippen molar-refractivity contribution < 1.29 is 9.63 Å². The standard InChI is InChI=1S/C13H17N3O2/c1-4-5-13(8-14,9-15)7-10-6-11(18-16-10)12(2,3)17/h6,17H,4-5,7H2,1-3H3. The van der Waals surface area contributed by atoms with Crippen LogP contribution in [0.25, 0.3) is 0 Å². The first-order valence-corrected chi connectivity index (χ1v) is 5.88. The summed E-state index contributed by atoms with van der Waals surface area (Å²) in [5.74, 6) is 0.332. The summed E-state index contributed by atoms with van der Waals surface area (Å²) in [4.78, 5) is 0. The highest BCUT2D eigenvalue weighted by molar-refractivity contribution is 5.21. The van der Waals surface area contributed by atoms with Gasteiger partial charge in [-0.2, -0.15) is 10.5 Å². The van der Waals surface area contributed by atoms with E-state index in [9.17, 15) is 5.11 Å². The summed E-state index contributed by atoms with van der Waals surface area (Å²) < 4.78 is 5.02. The number of nitriles is 2. The quantitative estimate of drug-likeness (QED) is 0.861. The maximum absolute atomic E-state index is 9.75. The fraction of sp³-hybridized carbons (Fsp3) is 0.615. The minimum atomic E-state index is -1.11. The molecule has 1 rings (SSSR count). The molecule has 0 aliphatic rings. The van der Waals surface area contributed by atoms with E-state index >= 15 is 0 Å². The Kier molecular flexibility index (Phi) is 4.11. The molecule has 96 valence electrons. The molecule has 0 aromatic carbocycles. The lowest BCUT2D eigenvalue weighted by Crippen LogP contribution is -2.19. The molecule has 0 spiro atoms. The molecule has 0 aliphatic heterocycles. The van der Waals surface area contributed by atoms with Gasteiger partial charge in [-0.05, 0) is 20.3 Å². The first-order valence-electron chi connectivity index (χ1n) is 5.88. The van der Waals surface area contributed by atoms with Gasteiger partial charge >= 0.3 is 0 Å². The third kappa shape index (κ3) is 3.09. The minimum Gasteiger partial charge on any atom is -0.382 e. The predicted molar refractivity (Wildman–Crippen MR) is 64.0 cm³/mol. The van der Waals surface area contributed by atoms with E-state index in [1.165, 1.54) is 0 Å². The Morgan fingerprint density at radius 1 is 1.39 bits per heavy atom. The molecule has 0 unspecified atom stereocenters. The molecule has 1 heterocycles. The van der Waals surface area contributed by atoms with Crippen molar-refractivity contribution in [2.24, 2.45) is 5.41 Å². The molecule has 1 aromatic heterocycles. The normalized spacial score (nSPS) is 11.9. The summed E-state index contributed by atoms with van der Waals surface area (Å²) in [7, 11) is 0. The van der Waals surface area contributed by atoms with E-state index in [4.69, 9.17) is 15.0 Å². The maximum Gasteiger partial charge on any atom is 0.167 e. The van der Waals surface area contributed by atoms with Gasteiger partial charge in [-0.15, -0.1) is 0 Å². The monoisotopic (exact) mass is 247 g/mol. The van der Waals surface area contributed by atoms with Gasteiger partial charge in [0.05, 0.1) is 17.8 Å². The molecule has 0 aliphatic carbocycles. The van der Waals surface area contributed by atoms with Crippen molar-refractivity contribution in [1.29, 1.82) is 10.5 Å². The second-order valence-electron chi connectivity index (χ2n) is 4.97. The van der Waals surface area contributed by atoms with Gasteiger partial charge < -0.3 is 9.63 Å². The molecule has 0 saturated carbocycles. The zero-order valence-electron chi connectivity index (χ0n) is 10.9. The van der Waals surface area contributed by atoms with E-state index in [0.717, 1.165) is 6.42 Å². The Morgan fingerprint density at radius 2 is 2.00 bits per heavy atom. The van der Waals surface area contributed by atoms with Crippen LogP contribution < -0.4 is 0 Å². The zero-order chi connectivity index (χ0) is 13.8. The Labute approximate surface area is 107 Å². The third-order valence-corrected chi connectivity index (χ3v) is 2.75. The van der Waals surface area contributed by atoms with E-state index in [0.29, 0.717) is 17.9 Å². The molecule has 0 atom stereocenters. The number of aliphatic hydroxyl groups is 1. The van der Waals surface area contributed by atoms with Crippen molar-refractivity contribution >= 4 is 0 Å². The fourth-order valence-electron chi connectivity index (χ4n) is 1.72. The average Bonchev–Trinajstić information content (AvgIpc) is 2.76. The number of aromatic nitrogens is 1. The predicted octanol–water partition coefficient (Wildman–Crippen LogP) is 2.28. The lowest BCUT2D eigenvalue weighted by Gasteiger charge is -2.15. The van der Waals surface area contributed by atoms with Crippen molar-refractivity contribution in [3.63, 3.8) is 0 Å². The van der Waals surface area contributed by atoms with Crippen LogP contribution in [-0.2, 0) is 12.0 Å². The Morgan fingerprint density at radius 3 is 2.39 bits per heavy atom. The third-order valence-electron chi connectivity index (χ3n) is 2.75. The van der Waals surface area contributed by atoms with Crippen molar-refractivity contribution in [1.82, 2.24) is 5.16 Å². The van der Waals surface area contributed by atoms with E-state index in [-0.39, 0.29) is 6.42 Å². The largest absolute Gasteiger partial charge is 0.382 e. The van der Waals surface area contributed by atoms with Crippen molar-refractivity contribution in [2.45, 2.75) is 45.6 Å². The second kappa shape index (κ2) is 5.20. The summed E-state index contributed by atoms with van der Waals surface area (Å²) in [6.45, 7) is 5.10. The van der Waals surface area contributed by atoms with Gasteiger partial charge in [0.1, 0.15) is 11.0 Å². The Hall–Kier alpha value is -1.85. The van der Waals surface area contributed by atoms with Gasteiger partial charge in [0.15, 0.2) is 5.76 Å². The number of rotatable bonds is 5. The number of nitrogens with zero attached hydrogens (tertiary/aromatic N) is 3. The average molecular weight is 247 g/mol. The van der Waals surface area contributed by atoms with Gasteiger partial charge in [0, 0.05) is 12.5 Å². The summed E-state index contributed by atoms with van der Waals surface area (Å²) in [5.41, 5.74) is -1.66. The highest BCUT2D eigenvalue weighted by atomic mass is 16.5. The summed E-state index contributed by atoms with van der Waals surface area (Å²) in [5, 5.41) is 31.9. The van der Waals surface area contributed by atoms with Gasteiger partial charge in [0.25, 0.3) is 0 Å². The van der Waals surface area contributed by atoms with Gasteiger partial charge in [0.2, 0.25) is 0 Å². The van der Waals surface area contributed by atoms with E-state index in [1.54, 1.807) is 19.9 Å². The molecule has 0 fully saturated rings. The van der Waals surface area contributed by atoms with Gasteiger partial charge in [-0.25, -0.2) is 0 Å². The second-order valence-corrected chi connectivity index (χ2v) is 4.97. The molecule has 0 bridgehead atoms. The van der Waals surface area contributed by atoms with Crippen LogP contribution in [0.15, 0.2) is 10.6 Å². The molecular weight excluding hydrogens is 230 g/mol. The van der Waals surface area contributed by atoms with Crippen LogP contribution in [0.2, 0.25) is 0 Å². The molecular formula is C13H17N3O2. The van der Waals surface area contributed by atoms with Crippen molar-refractivity contribution in [2.75, 3.05) is 0 Å². The molecule has 0 amide bonds. The lowest BCUT2D eigenvalue weighted by atomic mass is 9.82. The summed E-state index contributed by atoms with van der Waals surface area (Å²) in [6.07, 6.45) is 1.45. The smallest absolute Gasteiger partial charge is 0.167 e. The maximum atomic E-state index is 9.75. The molecule has 18 heavy (non-hydrogen) atoms. The van der Waals surface area contributed by atoms with Gasteiger partial charge in [-0.1, -0.05) is 18.5 Å². The number of hydrogen-bond donors (Lipinski definition) is 1. The van der Waals surface area contributed by atoms with Crippen LogP contribution in [0, 0.1) is 28.1 Å². The van der Waals surface area contributed by atoms with E-state index < -0.39 is 11.0 Å². The molecule has 5 heteroatoms. The van der Waals surface area contributed by atoms with Crippen LogP contribution >= 0.6 is 0 Å². The Bertz CT molecular complexity index is 472. The fourth-order valence-corrected chi connectivity index (χ4v) is 1.72. The van der Waals surface area contributed by atoms with E-state index in [2.05, 4.69) is 17.3 Å². The van der Waals surface area contributed by atoms with Gasteiger partial charge in [-0.3, -0.25) is 0 Å². The summed E-state index contributed by atoms with van der Waals surface area (Å²) >= 11 is 0. The molecule has 1 aromatic rings. The van der Waals surface area contributed by atoms with Crippen LogP contribution in [0.3, 0.4) is 0 Å². The lowest BCUT2D eigenvalue weighted by molar-refractivity contribution is 0.0474. The first-order chi connectivity index (χ1) is 8.37. The first kappa shape index (κ1) is 14.2. The number of hydrogen-bond acceptors (Lipinski definition) is 5. The molecule has 0 saturated heterocycles. The van der Waals surface area contributed by atoms with Crippen molar-refractivity contribution in [3.8, 4) is 12.1 Å². The molecule has 0 radical (unpaired) electrons. The Balaban J connectivity index is 2.94. The molecule has 5 nitrogen and oxygen atoms in total. The highest BCUT2D eigenvalue weighted by Gasteiger charge is 2.32. The molecule has 1 N–H and O–H groups in total. The van der Waals surface area contributed by atoms with Crippen LogP contribution in [0.1, 0.15) is 45.1 Å². The van der Waals surface area contributed by atoms with Crippen LogP contribution in [0.4, 0.5) is 0 Å². The van der Waals surface area contributed by atoms with Crippen LogP contribution in [-0.4, -0.2) is 10.3 Å². The van der Waals surface area contributed by atoms with E-state index in [1.807, 2.05) is 6.92 Å². The van der Waals surface area contributed by atoms with Crippen LogP contribution in [0.5, 0.6) is 0 Å². The summed E-state index contributed by atoms with van der Waals surface area (Å²) in [6, 6.07) is 5.71. The van der Waals surface area contributed by atoms with Crippen molar-refractivity contribution in [3.05, 3.63) is 17.5 Å².